The van der Waals surface area contributed by atoms with E-state index < -0.39 is 48.6 Å². The van der Waals surface area contributed by atoms with Gasteiger partial charge in [-0.05, 0) is 5.56 Å². The van der Waals surface area contributed by atoms with Crippen molar-refractivity contribution in [3.63, 3.8) is 0 Å². The molecule has 154 valence electrons. The second-order valence-electron chi connectivity index (χ2n) is 6.28. The third-order valence-electron chi connectivity index (χ3n) is 3.95. The smallest absolute Gasteiger partial charge is 0.303 e. The molecular weight excluding hydrogens is 372 g/mol. The van der Waals surface area contributed by atoms with Crippen LogP contribution in [-0.4, -0.2) is 60.3 Å². The molecule has 0 bridgehead atoms. The fraction of sp³-hybridized carbons (Fsp3) is 0.526. The van der Waals surface area contributed by atoms with Crippen LogP contribution in [0.2, 0.25) is 0 Å². The topological polar surface area (TPSA) is 118 Å². The van der Waals surface area contributed by atoms with Crippen LogP contribution in [0.25, 0.3) is 0 Å². The number of ether oxygens (including phenoxy) is 5. The van der Waals surface area contributed by atoms with Crippen molar-refractivity contribution in [2.24, 2.45) is 0 Å². The fourth-order valence-corrected chi connectivity index (χ4v) is 2.84. The highest BCUT2D eigenvalue weighted by molar-refractivity contribution is 5.67. The van der Waals surface area contributed by atoms with Gasteiger partial charge >= 0.3 is 17.9 Å². The molecule has 1 aromatic rings. The predicted molar refractivity (Wildman–Crippen MR) is 93.6 cm³/mol. The minimum Gasteiger partial charge on any atom is -0.463 e. The third kappa shape index (κ3) is 6.29. The summed E-state index contributed by atoms with van der Waals surface area (Å²) in [7, 11) is 0. The average molecular weight is 396 g/mol. The molecule has 1 aliphatic rings. The number of aliphatic hydroxyl groups excluding tert-OH is 1. The molecule has 1 heterocycles. The first-order valence-corrected chi connectivity index (χ1v) is 8.74. The van der Waals surface area contributed by atoms with Gasteiger partial charge in [-0.2, -0.15) is 0 Å². The van der Waals surface area contributed by atoms with Gasteiger partial charge in [-0.15, -0.1) is 0 Å². The van der Waals surface area contributed by atoms with E-state index in [2.05, 4.69) is 0 Å². The number of esters is 3. The van der Waals surface area contributed by atoms with Crippen molar-refractivity contribution in [1.29, 1.82) is 0 Å². The van der Waals surface area contributed by atoms with Gasteiger partial charge in [0.2, 0.25) is 0 Å². The molecular formula is C19H24O9. The summed E-state index contributed by atoms with van der Waals surface area (Å²) in [4.78, 5) is 34.2. The molecule has 1 N–H and O–H groups in total. The van der Waals surface area contributed by atoms with Crippen molar-refractivity contribution in [3.8, 4) is 0 Å². The third-order valence-corrected chi connectivity index (χ3v) is 3.95. The summed E-state index contributed by atoms with van der Waals surface area (Å²) < 4.78 is 26.7. The van der Waals surface area contributed by atoms with Gasteiger partial charge < -0.3 is 28.8 Å². The molecule has 1 aromatic carbocycles. The Morgan fingerprint density at radius 2 is 1.54 bits per heavy atom. The first-order chi connectivity index (χ1) is 13.3. The molecule has 1 unspecified atom stereocenters. The Morgan fingerprint density at radius 3 is 2.11 bits per heavy atom. The van der Waals surface area contributed by atoms with Crippen LogP contribution >= 0.6 is 0 Å². The lowest BCUT2D eigenvalue weighted by molar-refractivity contribution is -0.301. The lowest BCUT2D eigenvalue weighted by atomic mass is 9.98. The zero-order valence-corrected chi connectivity index (χ0v) is 15.9. The maximum atomic E-state index is 11.6. The Morgan fingerprint density at radius 1 is 0.929 bits per heavy atom. The van der Waals surface area contributed by atoms with Crippen molar-refractivity contribution in [1.82, 2.24) is 0 Å². The van der Waals surface area contributed by atoms with E-state index in [1.165, 1.54) is 13.8 Å². The Bertz CT molecular complexity index is 675. The van der Waals surface area contributed by atoms with E-state index in [1.54, 1.807) is 0 Å². The number of hydrogen-bond donors (Lipinski definition) is 1. The lowest BCUT2D eigenvalue weighted by Crippen LogP contribution is -2.62. The molecule has 28 heavy (non-hydrogen) atoms. The quantitative estimate of drug-likeness (QED) is 0.525. The molecule has 1 fully saturated rings. The number of carbonyl (C=O) groups excluding carboxylic acids is 3. The summed E-state index contributed by atoms with van der Waals surface area (Å²) >= 11 is 0. The van der Waals surface area contributed by atoms with Crippen LogP contribution < -0.4 is 0 Å². The number of aliphatic hydroxyl groups is 1. The Balaban J connectivity index is 2.26. The summed E-state index contributed by atoms with van der Waals surface area (Å²) in [6.07, 6.45) is -5.95. The molecule has 0 radical (unpaired) electrons. The van der Waals surface area contributed by atoms with Crippen LogP contribution in [0.15, 0.2) is 30.3 Å². The Kier molecular flexibility index (Phi) is 7.91. The largest absolute Gasteiger partial charge is 0.463 e. The second-order valence-corrected chi connectivity index (χ2v) is 6.28. The van der Waals surface area contributed by atoms with Crippen molar-refractivity contribution in [2.45, 2.75) is 58.1 Å². The zero-order valence-electron chi connectivity index (χ0n) is 15.9. The first-order valence-electron chi connectivity index (χ1n) is 8.74. The van der Waals surface area contributed by atoms with Crippen LogP contribution in [0.3, 0.4) is 0 Å². The molecule has 0 amide bonds. The highest BCUT2D eigenvalue weighted by atomic mass is 16.7. The van der Waals surface area contributed by atoms with E-state index in [0.29, 0.717) is 0 Å². The summed E-state index contributed by atoms with van der Waals surface area (Å²) in [5.41, 5.74) is 0.838. The van der Waals surface area contributed by atoms with Crippen LogP contribution in [0, 0.1) is 0 Å². The van der Waals surface area contributed by atoms with Gasteiger partial charge in [-0.1, -0.05) is 30.3 Å². The molecule has 9 nitrogen and oxygen atoms in total. The van der Waals surface area contributed by atoms with Gasteiger partial charge in [0.25, 0.3) is 0 Å². The van der Waals surface area contributed by atoms with Crippen LogP contribution in [0.4, 0.5) is 0 Å². The molecule has 0 spiro atoms. The molecule has 0 aromatic heterocycles. The van der Waals surface area contributed by atoms with E-state index in [9.17, 15) is 19.5 Å². The van der Waals surface area contributed by atoms with E-state index in [4.69, 9.17) is 23.7 Å². The molecule has 2 rings (SSSR count). The Labute approximate surface area is 162 Å². The lowest BCUT2D eigenvalue weighted by Gasteiger charge is -2.43. The predicted octanol–water partition coefficient (Wildman–Crippen LogP) is 0.716. The minimum atomic E-state index is -1.59. The number of rotatable bonds is 7. The maximum Gasteiger partial charge on any atom is 0.303 e. The van der Waals surface area contributed by atoms with E-state index in [-0.39, 0.29) is 13.2 Å². The van der Waals surface area contributed by atoms with Gasteiger partial charge in [0.15, 0.2) is 18.5 Å². The Hall–Kier alpha value is -2.49. The van der Waals surface area contributed by atoms with Gasteiger partial charge in [0.05, 0.1) is 6.61 Å². The summed E-state index contributed by atoms with van der Waals surface area (Å²) in [6, 6.07) is 9.20. The number of benzene rings is 1. The van der Waals surface area contributed by atoms with Crippen molar-refractivity contribution in [3.05, 3.63) is 35.9 Å². The van der Waals surface area contributed by atoms with Crippen molar-refractivity contribution < 1.29 is 43.2 Å². The van der Waals surface area contributed by atoms with Crippen LogP contribution in [0.1, 0.15) is 26.3 Å². The molecule has 9 heteroatoms. The molecule has 1 saturated heterocycles. The molecule has 5 atom stereocenters. The summed E-state index contributed by atoms with van der Waals surface area (Å²) in [5, 5.41) is 10.3. The average Bonchev–Trinajstić information content (AvgIpc) is 2.62. The summed E-state index contributed by atoms with van der Waals surface area (Å²) in [5.74, 6) is -1.90. The second kappa shape index (κ2) is 10.2. The van der Waals surface area contributed by atoms with Crippen LogP contribution in [0.5, 0.6) is 0 Å². The van der Waals surface area contributed by atoms with Crippen molar-refractivity contribution in [2.75, 3.05) is 6.61 Å². The highest BCUT2D eigenvalue weighted by Crippen LogP contribution is 2.28. The van der Waals surface area contributed by atoms with Gasteiger partial charge in [0, 0.05) is 20.8 Å². The van der Waals surface area contributed by atoms with Gasteiger partial charge in [0.1, 0.15) is 18.8 Å². The summed E-state index contributed by atoms with van der Waals surface area (Å²) in [6.45, 7) is 3.46. The monoisotopic (exact) mass is 396 g/mol. The highest BCUT2D eigenvalue weighted by Gasteiger charge is 2.50. The van der Waals surface area contributed by atoms with E-state index >= 15 is 0 Å². The zero-order chi connectivity index (χ0) is 20.7. The van der Waals surface area contributed by atoms with E-state index in [1.807, 2.05) is 30.3 Å². The number of hydrogen-bond acceptors (Lipinski definition) is 9. The standard InChI is InChI=1S/C19H24O9/c1-11(20)24-10-15-16(25-9-14-7-5-4-6-8-14)17(26-12(2)21)18(19(23)28-15)27-13(3)22/h4-8,15-19,23H,9-10H2,1-3H3/t15-,16+,17+,18+,19?/m0/s1. The SMILES string of the molecule is CC(=O)OC[C@@H]1OC(O)[C@H](OC(C)=O)[C@H](OC(C)=O)[C@@H]1OCc1ccccc1. The van der Waals surface area contributed by atoms with E-state index in [0.717, 1.165) is 12.5 Å². The molecule has 1 aliphatic heterocycles. The van der Waals surface area contributed by atoms with Crippen LogP contribution in [-0.2, 0) is 44.7 Å². The van der Waals surface area contributed by atoms with Gasteiger partial charge in [-0.3, -0.25) is 14.4 Å². The van der Waals surface area contributed by atoms with Crippen molar-refractivity contribution >= 4 is 17.9 Å². The minimum absolute atomic E-state index is 0.131. The molecule has 0 aliphatic carbocycles. The molecule has 0 saturated carbocycles. The fourth-order valence-electron chi connectivity index (χ4n) is 2.84. The first kappa shape index (κ1) is 21.8. The maximum absolute atomic E-state index is 11.6. The van der Waals surface area contributed by atoms with Gasteiger partial charge in [-0.25, -0.2) is 0 Å². The number of carbonyl (C=O) groups is 3. The normalized spacial score (nSPS) is 26.9.